The summed E-state index contributed by atoms with van der Waals surface area (Å²) in [4.78, 5) is 23.9. The van der Waals surface area contributed by atoms with E-state index in [1.165, 1.54) is 7.11 Å². The Balaban J connectivity index is 0.0000109. The minimum atomic E-state index is -1.16. The Morgan fingerprint density at radius 3 is 2.21 bits per heavy atom. The number of carboxylic acid groups (broad SMARTS) is 1. The van der Waals surface area contributed by atoms with E-state index in [9.17, 15) is 14.7 Å². The largest absolute Gasteiger partial charge is 0.480 e. The molecule has 0 saturated heterocycles. The minimum Gasteiger partial charge on any atom is -0.480 e. The number of carbonyl (C=O) groups is 2. The second-order valence-corrected chi connectivity index (χ2v) is 9.31. The SMILES string of the molecule is CCC(CC)(c1ccc(CNC(=O)CCCCC=CC(C)C)cc1)C(C)(OC)[C@H](N)C(=O)O.Cl. The van der Waals surface area contributed by atoms with E-state index in [-0.39, 0.29) is 18.3 Å². The van der Waals surface area contributed by atoms with Crippen molar-refractivity contribution in [2.24, 2.45) is 11.7 Å². The van der Waals surface area contributed by atoms with Gasteiger partial charge in [-0.15, -0.1) is 12.4 Å². The van der Waals surface area contributed by atoms with Gasteiger partial charge in [-0.05, 0) is 56.1 Å². The first-order valence-corrected chi connectivity index (χ1v) is 12.1. The van der Waals surface area contributed by atoms with Gasteiger partial charge in [0.1, 0.15) is 11.6 Å². The summed E-state index contributed by atoms with van der Waals surface area (Å²) in [7, 11) is 1.52. The highest BCUT2D eigenvalue weighted by Crippen LogP contribution is 2.45. The Morgan fingerprint density at radius 2 is 1.74 bits per heavy atom. The minimum absolute atomic E-state index is 0. The number of amides is 1. The first-order valence-electron chi connectivity index (χ1n) is 12.1. The Kier molecular flexibility index (Phi) is 14.3. The second-order valence-electron chi connectivity index (χ2n) is 9.31. The molecule has 7 heteroatoms. The van der Waals surface area contributed by atoms with Gasteiger partial charge < -0.3 is 20.9 Å². The molecule has 1 amide bonds. The van der Waals surface area contributed by atoms with E-state index in [1.54, 1.807) is 6.92 Å². The highest BCUT2D eigenvalue weighted by molar-refractivity contribution is 5.85. The number of halogens is 1. The smallest absolute Gasteiger partial charge is 0.323 e. The van der Waals surface area contributed by atoms with Gasteiger partial charge in [-0.3, -0.25) is 9.59 Å². The van der Waals surface area contributed by atoms with E-state index in [0.29, 0.717) is 31.7 Å². The molecule has 0 aromatic heterocycles. The average Bonchev–Trinajstić information content (AvgIpc) is 2.80. The summed E-state index contributed by atoms with van der Waals surface area (Å²) in [5, 5.41) is 12.6. The van der Waals surface area contributed by atoms with Crippen LogP contribution in [0.1, 0.15) is 84.3 Å². The van der Waals surface area contributed by atoms with Crippen LogP contribution in [0.5, 0.6) is 0 Å². The van der Waals surface area contributed by atoms with Crippen LogP contribution in [-0.2, 0) is 26.3 Å². The fourth-order valence-corrected chi connectivity index (χ4v) is 4.65. The van der Waals surface area contributed by atoms with Crippen molar-refractivity contribution in [3.63, 3.8) is 0 Å². The molecule has 194 valence electrons. The summed E-state index contributed by atoms with van der Waals surface area (Å²) >= 11 is 0. The molecule has 2 atom stereocenters. The third kappa shape index (κ3) is 8.10. The third-order valence-corrected chi connectivity index (χ3v) is 6.98. The molecule has 0 aliphatic rings. The van der Waals surface area contributed by atoms with Crippen molar-refractivity contribution in [2.75, 3.05) is 7.11 Å². The molecule has 0 bridgehead atoms. The maximum Gasteiger partial charge on any atom is 0.323 e. The highest BCUT2D eigenvalue weighted by atomic mass is 35.5. The van der Waals surface area contributed by atoms with Crippen LogP contribution in [0.2, 0.25) is 0 Å². The number of ether oxygens (including phenoxy) is 1. The van der Waals surface area contributed by atoms with Crippen molar-refractivity contribution in [1.29, 1.82) is 0 Å². The third-order valence-electron chi connectivity index (χ3n) is 6.98. The molecule has 1 unspecified atom stereocenters. The lowest BCUT2D eigenvalue weighted by molar-refractivity contribution is -0.153. The number of allylic oxidation sites excluding steroid dienone is 2. The van der Waals surface area contributed by atoms with Gasteiger partial charge in [0.2, 0.25) is 5.91 Å². The van der Waals surface area contributed by atoms with Crippen LogP contribution < -0.4 is 11.1 Å². The predicted octanol–water partition coefficient (Wildman–Crippen LogP) is 5.37. The number of carbonyl (C=O) groups excluding carboxylic acids is 1. The molecule has 4 N–H and O–H groups in total. The van der Waals surface area contributed by atoms with E-state index in [4.69, 9.17) is 10.5 Å². The zero-order chi connectivity index (χ0) is 25.1. The number of rotatable bonds is 15. The number of nitrogens with one attached hydrogen (secondary N) is 1. The van der Waals surface area contributed by atoms with Crippen molar-refractivity contribution >= 4 is 24.3 Å². The maximum atomic E-state index is 12.2. The van der Waals surface area contributed by atoms with Gasteiger partial charge in [-0.25, -0.2) is 0 Å². The standard InChI is InChI=1S/C27H44N2O4.ClH/c1-7-27(8-2,26(5,33-6)24(28)25(31)32)22-17-15-21(16-18-22)19-29-23(30)14-12-10-9-11-13-20(3)4;/h11,13,15-18,20,24H,7-10,12,14,19,28H2,1-6H3,(H,29,30)(H,31,32);1H/t24-,26?;/m1./s1. The predicted molar refractivity (Wildman–Crippen MR) is 141 cm³/mol. The van der Waals surface area contributed by atoms with Crippen LogP contribution in [0, 0.1) is 5.92 Å². The Labute approximate surface area is 212 Å². The van der Waals surface area contributed by atoms with Crippen molar-refractivity contribution in [3.8, 4) is 0 Å². The zero-order valence-electron chi connectivity index (χ0n) is 21.7. The van der Waals surface area contributed by atoms with Crippen molar-refractivity contribution in [2.45, 2.75) is 96.7 Å². The van der Waals surface area contributed by atoms with Crippen LogP contribution in [0.3, 0.4) is 0 Å². The molecule has 0 aliphatic heterocycles. The van der Waals surface area contributed by atoms with Crippen LogP contribution in [0.15, 0.2) is 36.4 Å². The Bertz CT molecular complexity index is 775. The number of benzene rings is 1. The summed E-state index contributed by atoms with van der Waals surface area (Å²) in [5.74, 6) is -0.458. The molecule has 0 saturated carbocycles. The second kappa shape index (κ2) is 15.2. The van der Waals surface area contributed by atoms with Gasteiger partial charge in [0.05, 0.1) is 0 Å². The van der Waals surface area contributed by atoms with Crippen molar-refractivity contribution < 1.29 is 19.4 Å². The van der Waals surface area contributed by atoms with E-state index in [0.717, 1.165) is 30.4 Å². The van der Waals surface area contributed by atoms with Gasteiger partial charge in [-0.2, -0.15) is 0 Å². The first kappa shape index (κ1) is 32.1. The first-order chi connectivity index (χ1) is 15.6. The summed E-state index contributed by atoms with van der Waals surface area (Å²) in [6.07, 6.45) is 9.17. The number of nitrogens with two attached hydrogens (primary N) is 1. The number of methoxy groups -OCH3 is 1. The van der Waals surface area contributed by atoms with E-state index in [2.05, 4.69) is 31.3 Å². The quantitative estimate of drug-likeness (QED) is 0.224. The molecule has 6 nitrogen and oxygen atoms in total. The number of hydrogen-bond acceptors (Lipinski definition) is 4. The average molecular weight is 497 g/mol. The summed E-state index contributed by atoms with van der Waals surface area (Å²) in [6.45, 7) is 10.6. The lowest BCUT2D eigenvalue weighted by Gasteiger charge is -2.49. The molecular formula is C27H45ClN2O4. The van der Waals surface area contributed by atoms with Gasteiger partial charge in [0.25, 0.3) is 0 Å². The lowest BCUT2D eigenvalue weighted by atomic mass is 9.61. The molecule has 0 fully saturated rings. The van der Waals surface area contributed by atoms with Crippen LogP contribution in [-0.4, -0.2) is 35.7 Å². The lowest BCUT2D eigenvalue weighted by Crippen LogP contribution is -2.63. The summed E-state index contributed by atoms with van der Waals surface area (Å²) in [6, 6.07) is 6.80. The number of aliphatic carboxylic acids is 1. The maximum absolute atomic E-state index is 12.2. The normalized spacial score (nSPS) is 14.5. The Morgan fingerprint density at radius 1 is 1.15 bits per heavy atom. The fraction of sp³-hybridized carbons (Fsp3) is 0.630. The van der Waals surface area contributed by atoms with Gasteiger partial charge in [-0.1, -0.05) is 64.1 Å². The molecule has 1 rings (SSSR count). The van der Waals surface area contributed by atoms with E-state index < -0.39 is 23.0 Å². The van der Waals surface area contributed by atoms with Gasteiger partial charge >= 0.3 is 5.97 Å². The monoisotopic (exact) mass is 496 g/mol. The van der Waals surface area contributed by atoms with E-state index >= 15 is 0 Å². The molecule has 0 heterocycles. The van der Waals surface area contributed by atoms with Crippen LogP contribution in [0.25, 0.3) is 0 Å². The summed E-state index contributed by atoms with van der Waals surface area (Å²) < 4.78 is 5.78. The molecule has 0 aliphatic carbocycles. The molecule has 0 spiro atoms. The summed E-state index contributed by atoms with van der Waals surface area (Å²) in [5.41, 5.74) is 6.43. The molecule has 0 radical (unpaired) electrons. The van der Waals surface area contributed by atoms with Crippen LogP contribution >= 0.6 is 12.4 Å². The van der Waals surface area contributed by atoms with E-state index in [1.807, 2.05) is 38.1 Å². The van der Waals surface area contributed by atoms with Crippen molar-refractivity contribution in [1.82, 2.24) is 5.32 Å². The molecular weight excluding hydrogens is 452 g/mol. The number of carboxylic acids is 1. The van der Waals surface area contributed by atoms with Gasteiger partial charge in [0.15, 0.2) is 0 Å². The van der Waals surface area contributed by atoms with Crippen LogP contribution in [0.4, 0.5) is 0 Å². The van der Waals surface area contributed by atoms with Gasteiger partial charge in [0, 0.05) is 25.5 Å². The zero-order valence-corrected chi connectivity index (χ0v) is 22.5. The van der Waals surface area contributed by atoms with Crippen molar-refractivity contribution in [3.05, 3.63) is 47.5 Å². The molecule has 34 heavy (non-hydrogen) atoms. The number of hydrogen-bond donors (Lipinski definition) is 3. The highest BCUT2D eigenvalue weighted by Gasteiger charge is 2.53. The molecule has 1 aromatic carbocycles. The topological polar surface area (TPSA) is 102 Å². The fourth-order valence-electron chi connectivity index (χ4n) is 4.65. The molecule has 1 aromatic rings. The number of unbranched alkanes of at least 4 members (excludes halogenated alkanes) is 2. The Hall–Kier alpha value is -1.89.